The van der Waals surface area contributed by atoms with Crippen molar-refractivity contribution < 1.29 is 42.4 Å². The maximum absolute atomic E-state index is 14.3. The number of nitrogens with zero attached hydrogens (tertiary/aromatic N) is 9. The average Bonchev–Trinajstić information content (AvgIpc) is 1.78. The standard InChI is InChI=1S/C85H106ClN13O10S3/c1-58(60-20-22-63(23-21-60)79-59(2)88-57-111-79)89-82(104)76-49-69(100)53-98(76)83(105)80(84(3,4)5)91-77(101)18-12-7-8-13-19-78(102)97-47-43-95(44-48-97)56-85(6)37-34-72(61-24-28-66(86)29-25-61)65(51-85)52-94-41-45-96(46-42-94)68-30-26-64(27-31-68)81(103)92-112(108,109)71-32-33-73(75(50-71)99(106)107)90-67(55-110-70-16-10-9-11-17-70)36-40-93-39-35-62-15-14-38-87-74(62)54-93/h9-11,14-17,20-33,38,50,57-58,67,69,76,80,90,100H,7-8,12-13,18-19,34-37,39-49,51-56H2,1-6H3,(H,89,104)(H,91,101)(H,92,103)/t58-,67+,69+,76-,80?,85+/m0/s1. The number of nitro benzene ring substituents is 1. The Labute approximate surface area is 671 Å². The van der Waals surface area contributed by atoms with Gasteiger partial charge in [0.25, 0.3) is 21.6 Å². The number of sulfonamides is 1. The van der Waals surface area contributed by atoms with Gasteiger partial charge in [0.05, 0.1) is 43.7 Å². The number of nitro groups is 1. The molecule has 0 bridgehead atoms. The Morgan fingerprint density at radius 3 is 2.20 bits per heavy atom. The first-order valence-corrected chi connectivity index (χ1v) is 43.0. The number of pyridine rings is 1. The number of aliphatic hydroxyl groups excluding tert-OH is 1. The largest absolute Gasteiger partial charge is 0.391 e. The minimum absolute atomic E-state index is 0.00835. The van der Waals surface area contributed by atoms with Gasteiger partial charge in [-0.25, -0.2) is 18.1 Å². The number of thiazole rings is 1. The van der Waals surface area contributed by atoms with Crippen LogP contribution in [0, 0.1) is 27.9 Å². The van der Waals surface area contributed by atoms with Crippen LogP contribution < -0.4 is 25.6 Å². The second-order valence-electron chi connectivity index (χ2n) is 32.1. The number of likely N-dealkylation sites (tertiary alicyclic amines) is 1. The number of carbonyl (C=O) groups excluding carboxylic acids is 5. The molecule has 0 spiro atoms. The number of unbranched alkanes of at least 4 members (excludes halogenated alkanes) is 3. The summed E-state index contributed by atoms with van der Waals surface area (Å²) in [5.41, 5.74) is 11.1. The molecule has 6 atom stereocenters. The van der Waals surface area contributed by atoms with Gasteiger partial charge in [0.15, 0.2) is 0 Å². The molecule has 0 radical (unpaired) electrons. The van der Waals surface area contributed by atoms with Crippen LogP contribution in [-0.2, 0) is 42.2 Å². The quantitative estimate of drug-likeness (QED) is 0.0117. The minimum atomic E-state index is -4.53. The average molecular weight is 1600 g/mol. The molecule has 596 valence electrons. The fourth-order valence-electron chi connectivity index (χ4n) is 16.1. The number of rotatable bonds is 31. The second kappa shape index (κ2) is 37.6. The van der Waals surface area contributed by atoms with Gasteiger partial charge in [0.2, 0.25) is 23.6 Å². The number of nitrogens with one attached hydrogen (secondary N) is 4. The molecular formula is C85H106ClN13O10S3. The molecule has 0 saturated carbocycles. The third kappa shape index (κ3) is 21.8. The topological polar surface area (TPSA) is 276 Å². The first-order chi connectivity index (χ1) is 53.7. The molecule has 12 rings (SSSR count). The summed E-state index contributed by atoms with van der Waals surface area (Å²) in [4.78, 5) is 105. The lowest BCUT2D eigenvalue weighted by Crippen LogP contribution is -2.57. The number of allylic oxidation sites excluding steroid dienone is 1. The van der Waals surface area contributed by atoms with Crippen molar-refractivity contribution in [1.29, 1.82) is 0 Å². The van der Waals surface area contributed by atoms with Gasteiger partial charge in [-0.05, 0) is 164 Å². The van der Waals surface area contributed by atoms with Gasteiger partial charge < -0.3 is 35.8 Å². The summed E-state index contributed by atoms with van der Waals surface area (Å²) in [7, 11) is -4.53. The van der Waals surface area contributed by atoms with Gasteiger partial charge in [-0.3, -0.25) is 53.8 Å². The Bertz CT molecular complexity index is 4590. The van der Waals surface area contributed by atoms with Crippen molar-refractivity contribution in [3.8, 4) is 10.4 Å². The number of β-amino-alcohol motifs (C(OH)–C–C–N with tert-alkyl or cyclic N) is 1. The Hall–Kier alpha value is -8.60. The predicted octanol–water partition coefficient (Wildman–Crippen LogP) is 12.8. The molecule has 1 unspecified atom stereocenters. The number of hydrogen-bond acceptors (Lipinski definition) is 19. The molecule has 23 nitrogen and oxygen atoms in total. The summed E-state index contributed by atoms with van der Waals surface area (Å²) in [5, 5.41) is 33.6. The van der Waals surface area contributed by atoms with E-state index in [9.17, 15) is 47.6 Å². The third-order valence-electron chi connectivity index (χ3n) is 22.6. The van der Waals surface area contributed by atoms with Crippen LogP contribution in [0.4, 0.5) is 17.1 Å². The highest BCUT2D eigenvalue weighted by molar-refractivity contribution is 7.99. The summed E-state index contributed by atoms with van der Waals surface area (Å²) in [6, 6.07) is 38.3. The molecule has 3 saturated heterocycles. The van der Waals surface area contributed by atoms with Gasteiger partial charge in [-0.15, -0.1) is 23.1 Å². The van der Waals surface area contributed by atoms with E-state index in [1.807, 2.05) is 136 Å². The van der Waals surface area contributed by atoms with Crippen LogP contribution in [0.15, 0.2) is 161 Å². The van der Waals surface area contributed by atoms with Gasteiger partial charge in [0.1, 0.15) is 17.8 Å². The van der Waals surface area contributed by atoms with Crippen LogP contribution in [0.2, 0.25) is 5.02 Å². The van der Waals surface area contributed by atoms with E-state index in [-0.39, 0.29) is 65.9 Å². The van der Waals surface area contributed by atoms with Crippen molar-refractivity contribution >= 4 is 96.9 Å². The van der Waals surface area contributed by atoms with E-state index in [0.29, 0.717) is 56.1 Å². The summed E-state index contributed by atoms with van der Waals surface area (Å²) in [5.74, 6) is -1.13. The van der Waals surface area contributed by atoms with Gasteiger partial charge >= 0.3 is 0 Å². The zero-order valence-corrected chi connectivity index (χ0v) is 68.3. The van der Waals surface area contributed by atoms with Crippen LogP contribution in [0.1, 0.15) is 150 Å². The summed E-state index contributed by atoms with van der Waals surface area (Å²) in [6.45, 7) is 21.9. The van der Waals surface area contributed by atoms with E-state index in [1.165, 1.54) is 39.3 Å². The Balaban J connectivity index is 0.570. The summed E-state index contributed by atoms with van der Waals surface area (Å²) < 4.78 is 29.8. The molecule has 112 heavy (non-hydrogen) atoms. The smallest absolute Gasteiger partial charge is 0.293 e. The van der Waals surface area contributed by atoms with Crippen LogP contribution >= 0.6 is 34.7 Å². The van der Waals surface area contributed by atoms with Gasteiger partial charge in [-0.2, -0.15) is 0 Å². The fourth-order valence-corrected chi connectivity index (χ4v) is 19.1. The molecule has 1 aliphatic carbocycles. The number of benzene rings is 5. The lowest BCUT2D eigenvalue weighted by molar-refractivity contribution is -0.384. The highest BCUT2D eigenvalue weighted by Crippen LogP contribution is 2.45. The summed E-state index contributed by atoms with van der Waals surface area (Å²) in [6.07, 6.45) is 8.96. The van der Waals surface area contributed by atoms with Crippen LogP contribution in [0.3, 0.4) is 0 Å². The highest BCUT2D eigenvalue weighted by Gasteiger charge is 2.45. The molecule has 4 aliphatic heterocycles. The maximum atomic E-state index is 14.3. The minimum Gasteiger partial charge on any atom is -0.391 e. The normalized spacial score (nSPS) is 19.5. The van der Waals surface area contributed by atoms with E-state index in [2.05, 4.69) is 75.4 Å². The Morgan fingerprint density at radius 2 is 1.50 bits per heavy atom. The molecule has 7 aromatic rings. The third-order valence-corrected chi connectivity index (χ3v) is 26.3. The second-order valence-corrected chi connectivity index (χ2v) is 36.2. The lowest BCUT2D eigenvalue weighted by atomic mass is 9.71. The first-order valence-electron chi connectivity index (χ1n) is 39.3. The van der Waals surface area contributed by atoms with Crippen molar-refractivity contribution in [2.75, 3.05) is 101 Å². The van der Waals surface area contributed by atoms with E-state index >= 15 is 0 Å². The first kappa shape index (κ1) is 82.8. The Morgan fingerprint density at radius 1 is 0.795 bits per heavy atom. The number of anilines is 2. The lowest BCUT2D eigenvalue weighted by Gasteiger charge is -2.44. The molecule has 5 aromatic carbocycles. The van der Waals surface area contributed by atoms with Crippen molar-refractivity contribution in [3.63, 3.8) is 0 Å². The van der Waals surface area contributed by atoms with Crippen molar-refractivity contribution in [2.24, 2.45) is 10.8 Å². The van der Waals surface area contributed by atoms with Crippen molar-refractivity contribution in [2.45, 2.75) is 165 Å². The number of piperazine rings is 2. The number of aliphatic hydroxyl groups is 1. The van der Waals surface area contributed by atoms with Crippen LogP contribution in [-0.4, -0.2) is 198 Å². The SMILES string of the molecule is Cc1ncsc1-c1ccc([C@H](C)NC(=O)[C@@H]2C[C@@H](O)CN2C(=O)C(NC(=O)CCCCCCC(=O)N2CCN(C[C@]3(C)CCC(c4ccc(Cl)cc4)=C(CN4CCN(c5ccc(C(=O)NS(=O)(=O)c6ccc(N[C@H](CCN7CCc8cccnc8C7)CSc7ccccc7)c([N+](=O)[O-])c6)cc5)CC4)C3)CC2)C(C)(C)C)cc1. The van der Waals surface area contributed by atoms with Crippen LogP contribution in [0.5, 0.6) is 0 Å². The molecule has 5 N–H and O–H groups in total. The number of fused-ring (bicyclic) bond motifs is 1. The zero-order valence-electron chi connectivity index (χ0n) is 65.1. The zero-order chi connectivity index (χ0) is 79.3. The Kier molecular flexibility index (Phi) is 27.8. The number of amides is 5. The molecule has 2 aromatic heterocycles. The number of hydrogen-bond donors (Lipinski definition) is 5. The van der Waals surface area contributed by atoms with Gasteiger partial charge in [-0.1, -0.05) is 118 Å². The van der Waals surface area contributed by atoms with E-state index in [1.54, 1.807) is 35.2 Å². The van der Waals surface area contributed by atoms with Crippen molar-refractivity contribution in [1.82, 2.24) is 49.8 Å². The number of aryl methyl sites for hydroxylation is 1. The molecule has 5 aliphatic rings. The highest BCUT2D eigenvalue weighted by atomic mass is 35.5. The molecular weight excluding hydrogens is 1490 g/mol. The number of carbonyl (C=O) groups is 5. The fraction of sp³-hybridized carbons (Fsp3) is 0.471. The molecule has 27 heteroatoms. The number of aromatic nitrogens is 2. The van der Waals surface area contributed by atoms with E-state index in [4.69, 9.17) is 11.6 Å². The molecule has 3 fully saturated rings. The number of halogens is 1. The molecule has 5 amide bonds. The van der Waals surface area contributed by atoms with E-state index < -0.39 is 60.9 Å². The summed E-state index contributed by atoms with van der Waals surface area (Å²) >= 11 is 9.63. The number of thioether (sulfide) groups is 1. The maximum Gasteiger partial charge on any atom is 0.293 e. The van der Waals surface area contributed by atoms with E-state index in [0.717, 1.165) is 148 Å². The van der Waals surface area contributed by atoms with Crippen LogP contribution in [0.25, 0.3) is 16.0 Å². The van der Waals surface area contributed by atoms with Gasteiger partial charge in [0, 0.05) is 156 Å². The van der Waals surface area contributed by atoms with Crippen molar-refractivity contribution in [3.05, 3.63) is 200 Å². The molecule has 6 heterocycles. The predicted molar refractivity (Wildman–Crippen MR) is 443 cm³/mol. The monoisotopic (exact) mass is 1600 g/mol.